The van der Waals surface area contributed by atoms with Gasteiger partial charge in [0.2, 0.25) is 0 Å². The molecular weight excluding hydrogens is 404 g/mol. The van der Waals surface area contributed by atoms with Gasteiger partial charge in [0.05, 0.1) is 6.61 Å². The second-order valence-corrected chi connectivity index (χ2v) is 7.43. The number of nitrogens with zero attached hydrogens (tertiary/aromatic N) is 2. The highest BCUT2D eigenvalue weighted by molar-refractivity contribution is 6.04. The Morgan fingerprint density at radius 2 is 1.78 bits per heavy atom. The van der Waals surface area contributed by atoms with Gasteiger partial charge in [-0.1, -0.05) is 24.3 Å². The van der Waals surface area contributed by atoms with Crippen LogP contribution in [0.15, 0.2) is 66.9 Å². The Balaban J connectivity index is 1.77. The molecule has 0 bridgehead atoms. The Labute approximate surface area is 188 Å². The van der Waals surface area contributed by atoms with Crippen molar-refractivity contribution in [1.82, 2.24) is 15.2 Å². The van der Waals surface area contributed by atoms with Crippen molar-refractivity contribution < 1.29 is 14.3 Å². The van der Waals surface area contributed by atoms with Crippen molar-refractivity contribution in [3.05, 3.63) is 89.2 Å². The van der Waals surface area contributed by atoms with Gasteiger partial charge in [0.15, 0.2) is 0 Å². The molecule has 2 amide bonds. The minimum absolute atomic E-state index is 0.137. The highest BCUT2D eigenvalue weighted by atomic mass is 16.5. The first kappa shape index (κ1) is 23.0. The van der Waals surface area contributed by atoms with Crippen molar-refractivity contribution in [3.63, 3.8) is 0 Å². The van der Waals surface area contributed by atoms with Crippen LogP contribution < -0.4 is 15.4 Å². The summed E-state index contributed by atoms with van der Waals surface area (Å²) in [4.78, 5) is 30.7. The average molecular weight is 433 g/mol. The van der Waals surface area contributed by atoms with Crippen LogP contribution in [0.3, 0.4) is 0 Å². The fourth-order valence-electron chi connectivity index (χ4n) is 3.23. The third-order valence-electron chi connectivity index (χ3n) is 4.72. The number of amides is 2. The number of aromatic nitrogens is 1. The highest BCUT2D eigenvalue weighted by Crippen LogP contribution is 2.20. The van der Waals surface area contributed by atoms with Gasteiger partial charge in [-0.3, -0.25) is 14.6 Å². The number of hydrogen-bond acceptors (Lipinski definition) is 5. The zero-order valence-electron chi connectivity index (χ0n) is 18.6. The molecule has 7 nitrogen and oxygen atoms in total. The van der Waals surface area contributed by atoms with Crippen molar-refractivity contribution in [2.24, 2.45) is 0 Å². The van der Waals surface area contributed by atoms with Crippen LogP contribution in [0.5, 0.6) is 5.75 Å². The Hall–Kier alpha value is -3.71. The molecule has 2 N–H and O–H groups in total. The summed E-state index contributed by atoms with van der Waals surface area (Å²) < 4.78 is 5.68. The molecule has 0 atom stereocenters. The third kappa shape index (κ3) is 6.15. The summed E-state index contributed by atoms with van der Waals surface area (Å²) >= 11 is 0. The van der Waals surface area contributed by atoms with Crippen LogP contribution in [-0.2, 0) is 13.1 Å². The fourth-order valence-corrected chi connectivity index (χ4v) is 3.23. The second kappa shape index (κ2) is 11.1. The van der Waals surface area contributed by atoms with Crippen LogP contribution >= 0.6 is 0 Å². The Morgan fingerprint density at radius 1 is 1.00 bits per heavy atom. The summed E-state index contributed by atoms with van der Waals surface area (Å²) in [6.07, 6.45) is 1.57. The van der Waals surface area contributed by atoms with E-state index in [2.05, 4.69) is 15.6 Å². The van der Waals surface area contributed by atoms with E-state index in [1.165, 1.54) is 4.90 Å². The first-order chi connectivity index (χ1) is 15.5. The molecule has 166 valence electrons. The summed E-state index contributed by atoms with van der Waals surface area (Å²) in [6, 6.07) is 18.4. The number of hydrogen-bond donors (Lipinski definition) is 2. The van der Waals surface area contributed by atoms with Gasteiger partial charge in [0.25, 0.3) is 11.8 Å². The van der Waals surface area contributed by atoms with E-state index in [4.69, 9.17) is 4.74 Å². The molecule has 32 heavy (non-hydrogen) atoms. The van der Waals surface area contributed by atoms with Crippen molar-refractivity contribution in [2.75, 3.05) is 26.0 Å². The lowest BCUT2D eigenvalue weighted by Crippen LogP contribution is -2.23. The van der Waals surface area contributed by atoms with Gasteiger partial charge in [0.1, 0.15) is 11.4 Å². The Morgan fingerprint density at radius 3 is 2.50 bits per heavy atom. The zero-order chi connectivity index (χ0) is 22.9. The number of nitrogens with one attached hydrogen (secondary N) is 2. The fraction of sp³-hybridized carbons (Fsp3) is 0.240. The molecule has 0 fully saturated rings. The number of ether oxygens (including phenoxy) is 1. The third-order valence-corrected chi connectivity index (χ3v) is 4.72. The molecule has 0 saturated heterocycles. The van der Waals surface area contributed by atoms with Crippen LogP contribution in [0.2, 0.25) is 0 Å². The summed E-state index contributed by atoms with van der Waals surface area (Å²) in [5, 5.41) is 6.24. The zero-order valence-corrected chi connectivity index (χ0v) is 18.6. The number of pyridine rings is 1. The monoisotopic (exact) mass is 432 g/mol. The molecule has 2 aromatic carbocycles. The maximum atomic E-state index is 12.6. The SMILES string of the molecule is CCOc1ccccc1CNCc1cc(NC(=O)c2ccccn2)cc(C(=O)N(C)C)c1. The number of para-hydroxylation sites is 1. The summed E-state index contributed by atoms with van der Waals surface area (Å²) in [5.74, 6) is 0.383. The standard InChI is InChI=1S/C25H28N4O3/c1-4-32-23-11-6-5-9-19(23)17-26-16-18-13-20(25(31)29(2)3)15-21(14-18)28-24(30)22-10-7-8-12-27-22/h5-15,26H,4,16-17H2,1-3H3,(H,28,30). The van der Waals surface area contributed by atoms with Crippen LogP contribution in [0.4, 0.5) is 5.69 Å². The first-order valence-corrected chi connectivity index (χ1v) is 10.5. The number of anilines is 1. The highest BCUT2D eigenvalue weighted by Gasteiger charge is 2.13. The lowest BCUT2D eigenvalue weighted by atomic mass is 10.1. The first-order valence-electron chi connectivity index (χ1n) is 10.5. The number of carbonyl (C=O) groups excluding carboxylic acids is 2. The quantitative estimate of drug-likeness (QED) is 0.538. The molecule has 3 rings (SSSR count). The van der Waals surface area contributed by atoms with Crippen LogP contribution in [0.25, 0.3) is 0 Å². The van der Waals surface area contributed by atoms with Crippen LogP contribution in [-0.4, -0.2) is 42.4 Å². The molecule has 0 spiro atoms. The van der Waals surface area contributed by atoms with E-state index in [0.29, 0.717) is 36.6 Å². The molecule has 0 radical (unpaired) electrons. The van der Waals surface area contributed by atoms with Gasteiger partial charge in [0, 0.05) is 50.2 Å². The maximum Gasteiger partial charge on any atom is 0.274 e. The average Bonchev–Trinajstić information content (AvgIpc) is 2.80. The van der Waals surface area contributed by atoms with Crippen molar-refractivity contribution in [3.8, 4) is 5.75 Å². The largest absolute Gasteiger partial charge is 0.494 e. The topological polar surface area (TPSA) is 83.6 Å². The minimum atomic E-state index is -0.329. The molecule has 0 aliphatic heterocycles. The number of benzene rings is 2. The summed E-state index contributed by atoms with van der Waals surface area (Å²) in [7, 11) is 3.40. The van der Waals surface area contributed by atoms with E-state index in [9.17, 15) is 9.59 Å². The predicted octanol–water partition coefficient (Wildman–Crippen LogP) is 3.72. The van der Waals surface area contributed by atoms with Crippen molar-refractivity contribution in [2.45, 2.75) is 20.0 Å². The Bertz CT molecular complexity index is 1070. The lowest BCUT2D eigenvalue weighted by molar-refractivity contribution is 0.0827. The molecule has 7 heteroatoms. The van der Waals surface area contributed by atoms with Gasteiger partial charge >= 0.3 is 0 Å². The Kier molecular flexibility index (Phi) is 7.94. The van der Waals surface area contributed by atoms with Gasteiger partial charge in [-0.15, -0.1) is 0 Å². The van der Waals surface area contributed by atoms with E-state index in [-0.39, 0.29) is 11.8 Å². The molecule has 0 unspecified atom stereocenters. The van der Waals surface area contributed by atoms with Gasteiger partial charge in [-0.2, -0.15) is 0 Å². The van der Waals surface area contributed by atoms with Gasteiger partial charge in [-0.25, -0.2) is 0 Å². The van der Waals surface area contributed by atoms with Crippen LogP contribution in [0, 0.1) is 0 Å². The summed E-state index contributed by atoms with van der Waals surface area (Å²) in [6.45, 7) is 3.68. The van der Waals surface area contributed by atoms with Gasteiger partial charge in [-0.05, 0) is 48.9 Å². The van der Waals surface area contributed by atoms with Crippen LogP contribution in [0.1, 0.15) is 38.9 Å². The normalized spacial score (nSPS) is 10.5. The van der Waals surface area contributed by atoms with E-state index >= 15 is 0 Å². The van der Waals surface area contributed by atoms with Crippen molar-refractivity contribution in [1.29, 1.82) is 0 Å². The maximum absolute atomic E-state index is 12.6. The molecular formula is C25H28N4O3. The molecule has 0 aliphatic rings. The van der Waals surface area contributed by atoms with E-state index in [1.54, 1.807) is 44.6 Å². The smallest absolute Gasteiger partial charge is 0.274 e. The van der Waals surface area contributed by atoms with E-state index in [1.807, 2.05) is 43.3 Å². The number of carbonyl (C=O) groups is 2. The number of rotatable bonds is 9. The molecule has 1 heterocycles. The van der Waals surface area contributed by atoms with E-state index < -0.39 is 0 Å². The minimum Gasteiger partial charge on any atom is -0.494 e. The summed E-state index contributed by atoms with van der Waals surface area (Å²) in [5.41, 5.74) is 3.28. The molecule has 0 saturated carbocycles. The molecule has 3 aromatic rings. The second-order valence-electron chi connectivity index (χ2n) is 7.43. The lowest BCUT2D eigenvalue weighted by Gasteiger charge is -2.15. The molecule has 0 aliphatic carbocycles. The van der Waals surface area contributed by atoms with Crippen molar-refractivity contribution >= 4 is 17.5 Å². The van der Waals surface area contributed by atoms with Gasteiger partial charge < -0.3 is 20.3 Å². The predicted molar refractivity (Wildman–Crippen MR) is 125 cm³/mol. The van der Waals surface area contributed by atoms with E-state index in [0.717, 1.165) is 16.9 Å². The molecule has 1 aromatic heterocycles.